The molecule has 8 heteroatoms. The second kappa shape index (κ2) is 9.62. The Morgan fingerprint density at radius 1 is 1.11 bits per heavy atom. The molecule has 1 aromatic carbocycles. The lowest BCUT2D eigenvalue weighted by Crippen LogP contribution is -2.45. The lowest BCUT2D eigenvalue weighted by molar-refractivity contribution is -0.148. The van der Waals surface area contributed by atoms with Gasteiger partial charge in [-0.2, -0.15) is 0 Å². The second-order valence-corrected chi connectivity index (χ2v) is 7.91. The van der Waals surface area contributed by atoms with Crippen molar-refractivity contribution in [2.24, 2.45) is 5.92 Å². The van der Waals surface area contributed by atoms with E-state index in [2.05, 4.69) is 5.32 Å². The maximum atomic E-state index is 12.6. The molecule has 27 heavy (non-hydrogen) atoms. The fraction of sp³-hybridized carbons (Fsp3) is 0.368. The SMILES string of the molecule is COc1cc(OC)cc(C(=O)N[C@H](C(=O)OCc2ccc(Cl)s2)C(C)C)c1. The number of esters is 1. The monoisotopic (exact) mass is 411 g/mol. The number of benzene rings is 1. The number of carbonyl (C=O) groups is 2. The second-order valence-electron chi connectivity index (χ2n) is 6.11. The number of halogens is 1. The largest absolute Gasteiger partial charge is 0.497 e. The lowest BCUT2D eigenvalue weighted by Gasteiger charge is -2.21. The van der Waals surface area contributed by atoms with Gasteiger partial charge in [0.2, 0.25) is 0 Å². The quantitative estimate of drug-likeness (QED) is 0.666. The van der Waals surface area contributed by atoms with Crippen LogP contribution in [-0.4, -0.2) is 32.1 Å². The van der Waals surface area contributed by atoms with E-state index in [1.807, 2.05) is 13.8 Å². The van der Waals surface area contributed by atoms with E-state index in [1.54, 1.807) is 30.3 Å². The normalized spacial score (nSPS) is 11.8. The summed E-state index contributed by atoms with van der Waals surface area (Å²) in [5, 5.41) is 2.73. The molecule has 6 nitrogen and oxygen atoms in total. The van der Waals surface area contributed by atoms with Crippen molar-refractivity contribution in [3.63, 3.8) is 0 Å². The average Bonchev–Trinajstić information content (AvgIpc) is 3.08. The van der Waals surface area contributed by atoms with Crippen LogP contribution in [0.15, 0.2) is 30.3 Å². The first-order chi connectivity index (χ1) is 12.8. The molecule has 1 N–H and O–H groups in total. The standard InChI is InChI=1S/C19H22ClNO5S/c1-11(2)17(19(23)26-10-15-5-6-16(20)27-15)21-18(22)12-7-13(24-3)9-14(8-12)25-4/h5-9,11,17H,10H2,1-4H3,(H,21,22)/t17-/m0/s1. The first kappa shape index (κ1) is 21.1. The zero-order valence-electron chi connectivity index (χ0n) is 15.6. The summed E-state index contributed by atoms with van der Waals surface area (Å²) >= 11 is 7.22. The summed E-state index contributed by atoms with van der Waals surface area (Å²) in [5.41, 5.74) is 0.328. The summed E-state index contributed by atoms with van der Waals surface area (Å²) in [7, 11) is 3.00. The number of hydrogen-bond acceptors (Lipinski definition) is 6. The van der Waals surface area contributed by atoms with Crippen molar-refractivity contribution in [3.05, 3.63) is 45.1 Å². The fourth-order valence-electron chi connectivity index (χ4n) is 2.32. The minimum absolute atomic E-state index is 0.113. The predicted molar refractivity (Wildman–Crippen MR) is 105 cm³/mol. The number of nitrogens with one attached hydrogen (secondary N) is 1. The van der Waals surface area contributed by atoms with E-state index in [4.69, 9.17) is 25.8 Å². The smallest absolute Gasteiger partial charge is 0.329 e. The number of amides is 1. The van der Waals surface area contributed by atoms with Gasteiger partial charge in [-0.3, -0.25) is 4.79 Å². The first-order valence-corrected chi connectivity index (χ1v) is 9.48. The van der Waals surface area contributed by atoms with Crippen LogP contribution in [0.2, 0.25) is 4.34 Å². The molecule has 1 atom stereocenters. The highest BCUT2D eigenvalue weighted by Crippen LogP contribution is 2.24. The van der Waals surface area contributed by atoms with E-state index in [0.29, 0.717) is 21.4 Å². The molecule has 0 aliphatic rings. The maximum Gasteiger partial charge on any atom is 0.329 e. The number of carbonyl (C=O) groups excluding carboxylic acids is 2. The van der Waals surface area contributed by atoms with E-state index in [9.17, 15) is 9.59 Å². The van der Waals surface area contributed by atoms with E-state index < -0.39 is 17.9 Å². The van der Waals surface area contributed by atoms with Gasteiger partial charge in [0.05, 0.1) is 18.6 Å². The van der Waals surface area contributed by atoms with Gasteiger partial charge in [0.15, 0.2) is 0 Å². The number of hydrogen-bond donors (Lipinski definition) is 1. The average molecular weight is 412 g/mol. The van der Waals surface area contributed by atoms with E-state index >= 15 is 0 Å². The van der Waals surface area contributed by atoms with Gasteiger partial charge < -0.3 is 19.5 Å². The molecule has 0 radical (unpaired) electrons. The molecule has 0 aliphatic carbocycles. The summed E-state index contributed by atoms with van der Waals surface area (Å²) in [6.07, 6.45) is 0. The Balaban J connectivity index is 2.08. The molecule has 0 saturated heterocycles. The zero-order valence-corrected chi connectivity index (χ0v) is 17.1. The highest BCUT2D eigenvalue weighted by molar-refractivity contribution is 7.16. The van der Waals surface area contributed by atoms with Crippen LogP contribution < -0.4 is 14.8 Å². The van der Waals surface area contributed by atoms with Gasteiger partial charge in [-0.05, 0) is 30.2 Å². The highest BCUT2D eigenvalue weighted by atomic mass is 35.5. The Labute approximate surface area is 167 Å². The van der Waals surface area contributed by atoms with Gasteiger partial charge in [-0.15, -0.1) is 11.3 Å². The molecule has 2 aromatic rings. The van der Waals surface area contributed by atoms with Crippen LogP contribution in [-0.2, 0) is 16.1 Å². The van der Waals surface area contributed by atoms with Crippen molar-refractivity contribution in [1.29, 1.82) is 0 Å². The van der Waals surface area contributed by atoms with Crippen molar-refractivity contribution >= 4 is 34.8 Å². The minimum atomic E-state index is -0.787. The summed E-state index contributed by atoms with van der Waals surface area (Å²) in [6, 6.07) is 7.57. The third-order valence-electron chi connectivity index (χ3n) is 3.81. The molecule has 1 amide bonds. The van der Waals surface area contributed by atoms with Crippen LogP contribution >= 0.6 is 22.9 Å². The summed E-state index contributed by atoms with van der Waals surface area (Å²) < 4.78 is 16.3. The van der Waals surface area contributed by atoms with Gasteiger partial charge in [-0.1, -0.05) is 25.4 Å². The molecule has 0 saturated carbocycles. The van der Waals surface area contributed by atoms with E-state index in [0.717, 1.165) is 4.88 Å². The molecular formula is C19H22ClNO5S. The van der Waals surface area contributed by atoms with Crippen molar-refractivity contribution < 1.29 is 23.8 Å². The number of methoxy groups -OCH3 is 2. The Kier molecular flexibility index (Phi) is 7.50. The van der Waals surface area contributed by atoms with Crippen LogP contribution in [0.3, 0.4) is 0 Å². The van der Waals surface area contributed by atoms with E-state index in [1.165, 1.54) is 25.6 Å². The number of rotatable bonds is 8. The third-order valence-corrected chi connectivity index (χ3v) is 5.01. The van der Waals surface area contributed by atoms with Crippen molar-refractivity contribution in [2.45, 2.75) is 26.5 Å². The molecule has 2 rings (SSSR count). The fourth-order valence-corrected chi connectivity index (χ4v) is 3.32. The molecular weight excluding hydrogens is 390 g/mol. The van der Waals surface area contributed by atoms with Gasteiger partial charge in [-0.25, -0.2) is 4.79 Å². The Morgan fingerprint density at radius 3 is 2.22 bits per heavy atom. The molecule has 0 fully saturated rings. The first-order valence-electron chi connectivity index (χ1n) is 8.28. The van der Waals surface area contributed by atoms with Crippen molar-refractivity contribution in [1.82, 2.24) is 5.32 Å². The Hall–Kier alpha value is -2.25. The van der Waals surface area contributed by atoms with Crippen molar-refractivity contribution in [2.75, 3.05) is 14.2 Å². The topological polar surface area (TPSA) is 73.9 Å². The molecule has 146 valence electrons. The molecule has 0 unspecified atom stereocenters. The molecule has 1 heterocycles. The number of ether oxygens (including phenoxy) is 3. The van der Waals surface area contributed by atoms with Gasteiger partial charge >= 0.3 is 5.97 Å². The maximum absolute atomic E-state index is 12.6. The van der Waals surface area contributed by atoms with Gasteiger partial charge in [0, 0.05) is 16.5 Å². The predicted octanol–water partition coefficient (Wildman–Crippen LogP) is 3.92. The van der Waals surface area contributed by atoms with Gasteiger partial charge in [0.25, 0.3) is 5.91 Å². The Bertz CT molecular complexity index is 783. The molecule has 0 bridgehead atoms. The highest BCUT2D eigenvalue weighted by Gasteiger charge is 2.26. The summed E-state index contributed by atoms with van der Waals surface area (Å²) in [5.74, 6) is -0.101. The lowest BCUT2D eigenvalue weighted by atomic mass is 10.0. The van der Waals surface area contributed by atoms with Crippen molar-refractivity contribution in [3.8, 4) is 11.5 Å². The van der Waals surface area contributed by atoms with Crippen LogP contribution in [0, 0.1) is 5.92 Å². The number of thiophene rings is 1. The van der Waals surface area contributed by atoms with Crippen LogP contribution in [0.1, 0.15) is 29.1 Å². The molecule has 1 aromatic heterocycles. The van der Waals surface area contributed by atoms with E-state index in [-0.39, 0.29) is 12.5 Å². The van der Waals surface area contributed by atoms with Crippen LogP contribution in [0.25, 0.3) is 0 Å². The Morgan fingerprint density at radius 2 is 1.74 bits per heavy atom. The molecule has 0 spiro atoms. The summed E-state index contributed by atoms with van der Waals surface area (Å²) in [6.45, 7) is 3.78. The molecule has 0 aliphatic heterocycles. The van der Waals surface area contributed by atoms with Crippen LogP contribution in [0.4, 0.5) is 0 Å². The summed E-state index contributed by atoms with van der Waals surface area (Å²) in [4.78, 5) is 25.9. The van der Waals surface area contributed by atoms with Crippen LogP contribution in [0.5, 0.6) is 11.5 Å². The van der Waals surface area contributed by atoms with Gasteiger partial charge in [0.1, 0.15) is 24.1 Å². The minimum Gasteiger partial charge on any atom is -0.497 e. The zero-order chi connectivity index (χ0) is 20.0. The third kappa shape index (κ3) is 5.87.